The second-order valence-corrected chi connectivity index (χ2v) is 3.61. The van der Waals surface area contributed by atoms with Crippen LogP contribution >= 0.6 is 0 Å². The zero-order chi connectivity index (χ0) is 9.84. The first-order valence-electron chi connectivity index (χ1n) is 4.85. The van der Waals surface area contributed by atoms with Crippen LogP contribution in [0.15, 0.2) is 0 Å². The van der Waals surface area contributed by atoms with Gasteiger partial charge in [0.1, 0.15) is 11.9 Å². The third-order valence-corrected chi connectivity index (χ3v) is 2.48. The van der Waals surface area contributed by atoms with Crippen LogP contribution in [0, 0.1) is 5.92 Å². The van der Waals surface area contributed by atoms with Gasteiger partial charge in [-0.1, -0.05) is 13.8 Å². The van der Waals surface area contributed by atoms with Crippen LogP contribution in [0.25, 0.3) is 0 Å². The molecule has 3 nitrogen and oxygen atoms in total. The number of rotatable bonds is 4. The number of carbonyl (C=O) groups is 2. The smallest absolute Gasteiger partial charge is 0.306 e. The molecule has 3 heteroatoms. The lowest BCUT2D eigenvalue weighted by molar-refractivity contribution is -0.142. The van der Waals surface area contributed by atoms with Gasteiger partial charge in [-0.05, 0) is 12.8 Å². The van der Waals surface area contributed by atoms with Crippen LogP contribution in [0.5, 0.6) is 0 Å². The Hall–Kier alpha value is -0.860. The van der Waals surface area contributed by atoms with Gasteiger partial charge in [0, 0.05) is 18.8 Å². The van der Waals surface area contributed by atoms with Gasteiger partial charge >= 0.3 is 5.97 Å². The Kier molecular flexibility index (Phi) is 3.46. The molecule has 1 aliphatic heterocycles. The Labute approximate surface area is 78.5 Å². The number of ether oxygens (including phenoxy) is 1. The molecular formula is C10H16O3. The number of cyclic esters (lactones) is 1. The molecular weight excluding hydrogens is 168 g/mol. The van der Waals surface area contributed by atoms with Crippen molar-refractivity contribution in [2.75, 3.05) is 0 Å². The third kappa shape index (κ3) is 2.83. The first-order valence-corrected chi connectivity index (χ1v) is 4.85. The minimum atomic E-state index is -0.124. The summed E-state index contributed by atoms with van der Waals surface area (Å²) in [6.45, 7) is 3.76. The zero-order valence-corrected chi connectivity index (χ0v) is 8.21. The molecule has 1 fully saturated rings. The highest BCUT2D eigenvalue weighted by Crippen LogP contribution is 2.21. The Morgan fingerprint density at radius 1 is 1.69 bits per heavy atom. The van der Waals surface area contributed by atoms with E-state index in [9.17, 15) is 9.59 Å². The summed E-state index contributed by atoms with van der Waals surface area (Å²) < 4.78 is 5.04. The van der Waals surface area contributed by atoms with Crippen molar-refractivity contribution in [3.63, 3.8) is 0 Å². The van der Waals surface area contributed by atoms with Gasteiger partial charge in [-0.15, -0.1) is 0 Å². The molecule has 2 unspecified atom stereocenters. The van der Waals surface area contributed by atoms with Crippen LogP contribution in [0.1, 0.15) is 39.5 Å². The monoisotopic (exact) mass is 184 g/mol. The number of Topliss-reactive ketones (excluding diaryl/α,β-unsaturated/α-hetero) is 1. The topological polar surface area (TPSA) is 43.4 Å². The van der Waals surface area contributed by atoms with Gasteiger partial charge in [0.2, 0.25) is 0 Å². The fraction of sp³-hybridized carbons (Fsp3) is 0.800. The molecule has 74 valence electrons. The maximum absolute atomic E-state index is 11.2. The van der Waals surface area contributed by atoms with Crippen molar-refractivity contribution in [2.24, 2.45) is 5.92 Å². The second kappa shape index (κ2) is 4.40. The second-order valence-electron chi connectivity index (χ2n) is 3.61. The molecule has 1 aliphatic rings. The number of carbonyl (C=O) groups excluding carboxylic acids is 2. The molecule has 0 amide bonds. The SMILES string of the molecule is CCC(=O)C(C)CC1CCC(=O)O1. The summed E-state index contributed by atoms with van der Waals surface area (Å²) in [5.41, 5.74) is 0. The van der Waals surface area contributed by atoms with Crippen molar-refractivity contribution in [2.45, 2.75) is 45.6 Å². The standard InChI is InChI=1S/C10H16O3/c1-3-9(11)7(2)6-8-4-5-10(12)13-8/h7-8H,3-6H2,1-2H3. The first-order chi connectivity index (χ1) is 6.13. The Bertz CT molecular complexity index is 210. The van der Waals surface area contributed by atoms with Gasteiger partial charge in [-0.2, -0.15) is 0 Å². The molecule has 0 radical (unpaired) electrons. The van der Waals surface area contributed by atoms with E-state index in [1.807, 2.05) is 13.8 Å². The van der Waals surface area contributed by atoms with Gasteiger partial charge in [0.25, 0.3) is 0 Å². The van der Waals surface area contributed by atoms with E-state index in [-0.39, 0.29) is 23.8 Å². The Balaban J connectivity index is 2.32. The molecule has 13 heavy (non-hydrogen) atoms. The van der Waals surface area contributed by atoms with Crippen molar-refractivity contribution < 1.29 is 14.3 Å². The minimum absolute atomic E-state index is 0.0157. The highest BCUT2D eigenvalue weighted by atomic mass is 16.5. The number of ketones is 1. The summed E-state index contributed by atoms with van der Waals surface area (Å²) in [7, 11) is 0. The highest BCUT2D eigenvalue weighted by molar-refractivity contribution is 5.80. The summed E-state index contributed by atoms with van der Waals surface area (Å²) in [5.74, 6) is 0.157. The predicted molar refractivity (Wildman–Crippen MR) is 48.2 cm³/mol. The van der Waals surface area contributed by atoms with E-state index < -0.39 is 0 Å². The van der Waals surface area contributed by atoms with Gasteiger partial charge in [0.05, 0.1) is 0 Å². The molecule has 1 saturated heterocycles. The third-order valence-electron chi connectivity index (χ3n) is 2.48. The molecule has 1 rings (SSSR count). The van der Waals surface area contributed by atoms with Gasteiger partial charge in [-0.3, -0.25) is 9.59 Å². The molecule has 0 aromatic heterocycles. The fourth-order valence-electron chi connectivity index (χ4n) is 1.62. The normalized spacial score (nSPS) is 24.2. The average molecular weight is 184 g/mol. The summed E-state index contributed by atoms with van der Waals surface area (Å²) in [6, 6.07) is 0. The van der Waals surface area contributed by atoms with Crippen LogP contribution in [0.2, 0.25) is 0 Å². The summed E-state index contributed by atoms with van der Waals surface area (Å²) >= 11 is 0. The van der Waals surface area contributed by atoms with E-state index >= 15 is 0 Å². The van der Waals surface area contributed by atoms with Gasteiger partial charge in [0.15, 0.2) is 0 Å². The van der Waals surface area contributed by atoms with E-state index in [0.29, 0.717) is 19.3 Å². The highest BCUT2D eigenvalue weighted by Gasteiger charge is 2.26. The van der Waals surface area contributed by atoms with E-state index in [0.717, 1.165) is 6.42 Å². The maximum Gasteiger partial charge on any atom is 0.306 e. The van der Waals surface area contributed by atoms with Crippen molar-refractivity contribution >= 4 is 11.8 Å². The molecule has 0 aromatic rings. The molecule has 1 heterocycles. The van der Waals surface area contributed by atoms with Gasteiger partial charge < -0.3 is 4.74 Å². The van der Waals surface area contributed by atoms with Crippen molar-refractivity contribution in [3.8, 4) is 0 Å². The van der Waals surface area contributed by atoms with Crippen LogP contribution in [0.4, 0.5) is 0 Å². The molecule has 0 aliphatic carbocycles. The van der Waals surface area contributed by atoms with Crippen molar-refractivity contribution in [1.29, 1.82) is 0 Å². The minimum Gasteiger partial charge on any atom is -0.462 e. The van der Waals surface area contributed by atoms with Crippen LogP contribution in [-0.2, 0) is 14.3 Å². The largest absolute Gasteiger partial charge is 0.462 e. The van der Waals surface area contributed by atoms with Crippen LogP contribution in [-0.4, -0.2) is 17.9 Å². The molecule has 0 saturated carbocycles. The average Bonchev–Trinajstić information content (AvgIpc) is 2.49. The zero-order valence-electron chi connectivity index (χ0n) is 8.21. The van der Waals surface area contributed by atoms with E-state index in [4.69, 9.17) is 4.74 Å². The molecule has 2 atom stereocenters. The number of hydrogen-bond donors (Lipinski definition) is 0. The number of esters is 1. The maximum atomic E-state index is 11.2. The summed E-state index contributed by atoms with van der Waals surface area (Å²) in [5, 5.41) is 0. The molecule has 0 N–H and O–H groups in total. The van der Waals surface area contributed by atoms with Crippen molar-refractivity contribution in [3.05, 3.63) is 0 Å². The van der Waals surface area contributed by atoms with E-state index in [1.165, 1.54) is 0 Å². The first kappa shape index (κ1) is 10.2. The van der Waals surface area contributed by atoms with Crippen LogP contribution in [0.3, 0.4) is 0 Å². The Morgan fingerprint density at radius 3 is 2.85 bits per heavy atom. The van der Waals surface area contributed by atoms with Crippen LogP contribution < -0.4 is 0 Å². The van der Waals surface area contributed by atoms with Gasteiger partial charge in [-0.25, -0.2) is 0 Å². The fourth-order valence-corrected chi connectivity index (χ4v) is 1.62. The summed E-state index contributed by atoms with van der Waals surface area (Å²) in [6.07, 6.45) is 2.54. The molecule has 0 spiro atoms. The predicted octanol–water partition coefficient (Wildman–Crippen LogP) is 1.70. The molecule has 0 bridgehead atoms. The lowest BCUT2D eigenvalue weighted by Gasteiger charge is -2.13. The molecule has 0 aromatic carbocycles. The lowest BCUT2D eigenvalue weighted by atomic mass is 9.96. The lowest BCUT2D eigenvalue weighted by Crippen LogP contribution is -2.17. The summed E-state index contributed by atoms with van der Waals surface area (Å²) in [4.78, 5) is 22.0. The van der Waals surface area contributed by atoms with E-state index in [1.54, 1.807) is 0 Å². The van der Waals surface area contributed by atoms with Crippen molar-refractivity contribution in [1.82, 2.24) is 0 Å². The quantitative estimate of drug-likeness (QED) is 0.624. The number of hydrogen-bond acceptors (Lipinski definition) is 3. The Morgan fingerprint density at radius 2 is 2.38 bits per heavy atom. The van der Waals surface area contributed by atoms with E-state index in [2.05, 4.69) is 0 Å².